The van der Waals surface area contributed by atoms with Crippen molar-refractivity contribution in [1.82, 2.24) is 10.2 Å². The molecule has 0 aromatic heterocycles. The summed E-state index contributed by atoms with van der Waals surface area (Å²) in [6.45, 7) is 0.00416. The smallest absolute Gasteiger partial charge is 0.242 e. The predicted octanol–water partition coefficient (Wildman–Crippen LogP) is 0.938. The van der Waals surface area contributed by atoms with E-state index in [9.17, 15) is 14.0 Å². The molecule has 0 bridgehead atoms. The molecule has 1 heterocycles. The fraction of sp³-hybridized carbons (Fsp3) is 0.273. The molecule has 0 spiro atoms. The predicted molar refractivity (Wildman–Crippen MR) is 59.8 cm³/mol. The Kier molecular flexibility index (Phi) is 3.28. The summed E-state index contributed by atoms with van der Waals surface area (Å²) in [6, 6.07) is 4.25. The van der Waals surface area contributed by atoms with Crippen LogP contribution in [0.25, 0.3) is 0 Å². The highest BCUT2D eigenvalue weighted by atomic mass is 35.5. The third kappa shape index (κ3) is 2.74. The maximum atomic E-state index is 13.5. The van der Waals surface area contributed by atoms with Crippen LogP contribution in [0.1, 0.15) is 5.56 Å². The number of rotatable bonds is 2. The standard InChI is InChI=1S/C11H10ClFN2O2/c12-8-2-1-7(9(13)3-8)5-15-6-10(16)14-4-11(15)17/h1-3H,4-6H2,(H,14,16). The molecule has 1 aliphatic rings. The SMILES string of the molecule is O=C1CN(Cc2ccc(Cl)cc2F)C(=O)CN1. The molecule has 2 rings (SSSR count). The van der Waals surface area contributed by atoms with Gasteiger partial charge in [-0.2, -0.15) is 0 Å². The van der Waals surface area contributed by atoms with Gasteiger partial charge in [0.1, 0.15) is 5.82 Å². The van der Waals surface area contributed by atoms with Gasteiger partial charge in [0.15, 0.2) is 0 Å². The zero-order chi connectivity index (χ0) is 12.4. The maximum Gasteiger partial charge on any atom is 0.242 e. The summed E-state index contributed by atoms with van der Waals surface area (Å²) in [6.07, 6.45) is 0. The minimum absolute atomic E-state index is 0.0337. The van der Waals surface area contributed by atoms with Crippen molar-refractivity contribution in [3.63, 3.8) is 0 Å². The molecular weight excluding hydrogens is 247 g/mol. The van der Waals surface area contributed by atoms with E-state index < -0.39 is 5.82 Å². The average Bonchev–Trinajstić information content (AvgIpc) is 2.27. The van der Waals surface area contributed by atoms with Crippen molar-refractivity contribution in [2.24, 2.45) is 0 Å². The summed E-state index contributed by atoms with van der Waals surface area (Å²) in [5.74, 6) is -0.936. The first kappa shape index (κ1) is 11.9. The van der Waals surface area contributed by atoms with Crippen molar-refractivity contribution in [2.45, 2.75) is 6.54 Å². The Labute approximate surface area is 102 Å². The van der Waals surface area contributed by atoms with E-state index in [-0.39, 0.29) is 31.4 Å². The number of carbonyl (C=O) groups excluding carboxylic acids is 2. The first-order chi connectivity index (χ1) is 8.06. The van der Waals surface area contributed by atoms with Crippen LogP contribution in [0, 0.1) is 5.82 Å². The zero-order valence-electron chi connectivity index (χ0n) is 8.87. The molecule has 1 aromatic carbocycles. The van der Waals surface area contributed by atoms with Crippen LogP contribution in [0.3, 0.4) is 0 Å². The van der Waals surface area contributed by atoms with Gasteiger partial charge in [0.05, 0.1) is 13.1 Å². The number of piperazine rings is 1. The molecule has 1 aromatic rings. The molecule has 1 saturated heterocycles. The van der Waals surface area contributed by atoms with E-state index in [0.29, 0.717) is 10.6 Å². The molecular formula is C11H10ClFN2O2. The molecule has 4 nitrogen and oxygen atoms in total. The van der Waals surface area contributed by atoms with Crippen LogP contribution in [0.2, 0.25) is 5.02 Å². The van der Waals surface area contributed by atoms with E-state index in [0.717, 1.165) is 0 Å². The molecule has 2 amide bonds. The van der Waals surface area contributed by atoms with E-state index in [1.165, 1.54) is 17.0 Å². The summed E-state index contributed by atoms with van der Waals surface area (Å²) in [5.41, 5.74) is 0.345. The second kappa shape index (κ2) is 4.71. The summed E-state index contributed by atoms with van der Waals surface area (Å²) in [4.78, 5) is 23.9. The molecule has 90 valence electrons. The van der Waals surface area contributed by atoms with Crippen molar-refractivity contribution in [3.05, 3.63) is 34.6 Å². The Morgan fingerprint density at radius 1 is 1.41 bits per heavy atom. The number of nitrogens with zero attached hydrogens (tertiary/aromatic N) is 1. The quantitative estimate of drug-likeness (QED) is 0.856. The number of benzene rings is 1. The first-order valence-electron chi connectivity index (χ1n) is 5.04. The molecule has 0 saturated carbocycles. The van der Waals surface area contributed by atoms with Gasteiger partial charge in [-0.1, -0.05) is 17.7 Å². The molecule has 0 unspecified atom stereocenters. The van der Waals surface area contributed by atoms with Crippen LogP contribution in [0.5, 0.6) is 0 Å². The van der Waals surface area contributed by atoms with E-state index >= 15 is 0 Å². The molecule has 1 fully saturated rings. The number of amides is 2. The van der Waals surface area contributed by atoms with Gasteiger partial charge in [-0.25, -0.2) is 4.39 Å². The van der Waals surface area contributed by atoms with Crippen LogP contribution in [0.15, 0.2) is 18.2 Å². The van der Waals surface area contributed by atoms with Gasteiger partial charge >= 0.3 is 0 Å². The molecule has 0 radical (unpaired) electrons. The molecule has 6 heteroatoms. The van der Waals surface area contributed by atoms with Gasteiger partial charge in [-0.15, -0.1) is 0 Å². The topological polar surface area (TPSA) is 49.4 Å². The van der Waals surface area contributed by atoms with Gasteiger partial charge < -0.3 is 10.2 Å². The Hall–Kier alpha value is -1.62. The monoisotopic (exact) mass is 256 g/mol. The zero-order valence-corrected chi connectivity index (χ0v) is 9.63. The second-order valence-electron chi connectivity index (χ2n) is 3.76. The van der Waals surface area contributed by atoms with Gasteiger partial charge in [-0.05, 0) is 12.1 Å². The second-order valence-corrected chi connectivity index (χ2v) is 4.20. The highest BCUT2D eigenvalue weighted by Gasteiger charge is 2.23. The molecule has 17 heavy (non-hydrogen) atoms. The third-order valence-electron chi connectivity index (χ3n) is 2.50. The van der Waals surface area contributed by atoms with Gasteiger partial charge in [0, 0.05) is 17.1 Å². The lowest BCUT2D eigenvalue weighted by Gasteiger charge is -2.26. The number of hydrogen-bond acceptors (Lipinski definition) is 2. The van der Waals surface area contributed by atoms with Crippen LogP contribution >= 0.6 is 11.6 Å². The molecule has 0 aliphatic carbocycles. The summed E-state index contributed by atoms with van der Waals surface area (Å²) >= 11 is 5.63. The minimum atomic E-state index is -0.476. The first-order valence-corrected chi connectivity index (χ1v) is 5.42. The minimum Gasteiger partial charge on any atom is -0.345 e. The van der Waals surface area contributed by atoms with Crippen molar-refractivity contribution in [3.8, 4) is 0 Å². The van der Waals surface area contributed by atoms with Gasteiger partial charge in [0.25, 0.3) is 0 Å². The number of nitrogens with one attached hydrogen (secondary N) is 1. The van der Waals surface area contributed by atoms with Crippen LogP contribution in [0.4, 0.5) is 4.39 Å². The molecule has 1 N–H and O–H groups in total. The van der Waals surface area contributed by atoms with E-state index in [1.54, 1.807) is 6.07 Å². The highest BCUT2D eigenvalue weighted by molar-refractivity contribution is 6.30. The summed E-state index contributed by atoms with van der Waals surface area (Å²) in [7, 11) is 0. The van der Waals surface area contributed by atoms with Crippen molar-refractivity contribution in [2.75, 3.05) is 13.1 Å². The number of carbonyl (C=O) groups is 2. The Morgan fingerprint density at radius 3 is 2.88 bits per heavy atom. The van der Waals surface area contributed by atoms with Crippen LogP contribution < -0.4 is 5.32 Å². The van der Waals surface area contributed by atoms with Gasteiger partial charge in [0.2, 0.25) is 11.8 Å². The summed E-state index contributed by atoms with van der Waals surface area (Å²) in [5, 5.41) is 2.73. The Morgan fingerprint density at radius 2 is 2.18 bits per heavy atom. The van der Waals surface area contributed by atoms with Gasteiger partial charge in [-0.3, -0.25) is 9.59 Å². The Bertz CT molecular complexity index is 479. The highest BCUT2D eigenvalue weighted by Crippen LogP contribution is 2.16. The third-order valence-corrected chi connectivity index (χ3v) is 2.74. The number of hydrogen-bond donors (Lipinski definition) is 1. The van der Waals surface area contributed by atoms with Crippen molar-refractivity contribution < 1.29 is 14.0 Å². The van der Waals surface area contributed by atoms with Crippen molar-refractivity contribution >= 4 is 23.4 Å². The van der Waals surface area contributed by atoms with Crippen molar-refractivity contribution in [1.29, 1.82) is 0 Å². The maximum absolute atomic E-state index is 13.5. The van der Waals surface area contributed by atoms with Crippen LogP contribution in [-0.2, 0) is 16.1 Å². The summed E-state index contributed by atoms with van der Waals surface area (Å²) < 4.78 is 13.5. The molecule has 1 aliphatic heterocycles. The normalized spacial score (nSPS) is 16.0. The fourth-order valence-corrected chi connectivity index (χ4v) is 1.76. The lowest BCUT2D eigenvalue weighted by atomic mass is 10.2. The van der Waals surface area contributed by atoms with E-state index in [1.807, 2.05) is 0 Å². The van der Waals surface area contributed by atoms with E-state index in [2.05, 4.69) is 5.32 Å². The number of halogens is 2. The molecule has 0 atom stereocenters. The fourth-order valence-electron chi connectivity index (χ4n) is 1.60. The van der Waals surface area contributed by atoms with Crippen LogP contribution in [-0.4, -0.2) is 29.8 Å². The van der Waals surface area contributed by atoms with E-state index in [4.69, 9.17) is 11.6 Å². The average molecular weight is 257 g/mol. The largest absolute Gasteiger partial charge is 0.345 e. The lowest BCUT2D eigenvalue weighted by molar-refractivity contribution is -0.141. The Balaban J connectivity index is 2.14. The lowest BCUT2D eigenvalue weighted by Crippen LogP contribution is -2.51.